The summed E-state index contributed by atoms with van der Waals surface area (Å²) in [7, 11) is 5.03. The molecule has 0 saturated heterocycles. The Morgan fingerprint density at radius 3 is 1.50 bits per heavy atom. The Morgan fingerprint density at radius 1 is 1.50 bits per heavy atom. The van der Waals surface area contributed by atoms with Gasteiger partial charge in [-0.15, -0.1) is 0 Å². The third-order valence-electron chi connectivity index (χ3n) is 0. The molecule has 0 nitrogen and oxygen atoms in total. The van der Waals surface area contributed by atoms with Gasteiger partial charge >= 0.3 is 14.2 Å². The first-order valence-electron chi connectivity index (χ1n) is 1.22. The first-order valence-corrected chi connectivity index (χ1v) is 3.67. The Kier molecular flexibility index (Phi) is 1.98. The van der Waals surface area contributed by atoms with Gasteiger partial charge in [0.15, 0.2) is 0 Å². The highest BCUT2D eigenvalue weighted by molar-refractivity contribution is 8.32. The second-order valence-electron chi connectivity index (χ2n) is 1.22. The van der Waals surface area contributed by atoms with Crippen LogP contribution in [0.5, 0.6) is 0 Å². The third kappa shape index (κ3) is 23.6. The van der Waals surface area contributed by atoms with Crippen LogP contribution in [0.4, 0.5) is 0 Å². The van der Waals surface area contributed by atoms with Gasteiger partial charge in [-0.2, -0.15) is 10.6 Å². The largest absolute Gasteiger partial charge is 0.357 e. The van der Waals surface area contributed by atoms with E-state index in [9.17, 15) is 0 Å². The molecule has 0 saturated carbocycles. The molecule has 0 aromatic heterocycles. The van der Waals surface area contributed by atoms with E-state index < -0.39 is 0 Å². The highest BCUT2D eigenvalue weighted by Gasteiger charge is 1.80. The lowest BCUT2D eigenvalue weighted by molar-refractivity contribution is 2.52. The van der Waals surface area contributed by atoms with Gasteiger partial charge in [0, 0.05) is 0 Å². The predicted molar refractivity (Wildman–Crippen MR) is 30.4 cm³/mol. The monoisotopic (exact) mass is 73.0 g/mol. The van der Waals surface area contributed by atoms with E-state index in [2.05, 4.69) is 20.5 Å². The predicted octanol–water partition coefficient (Wildman–Crippen LogP) is -1.67. The van der Waals surface area contributed by atoms with Crippen molar-refractivity contribution in [3.05, 3.63) is 0 Å². The molecule has 0 radical (unpaired) electrons. The standard InChI is InChI=1S/CH7B2S/c1-4(2)3/h2-3H2,1H3/q+1. The summed E-state index contributed by atoms with van der Waals surface area (Å²) in [5.74, 6) is 0. The highest BCUT2D eigenvalue weighted by atomic mass is 32.2. The maximum atomic E-state index is 2.19. The quantitative estimate of drug-likeness (QED) is 0.237. The first-order chi connectivity index (χ1) is 1.73. The third-order valence-corrected chi connectivity index (χ3v) is 0. The van der Waals surface area contributed by atoms with E-state index in [4.69, 9.17) is 0 Å². The molecule has 0 heterocycles. The van der Waals surface area contributed by atoms with Crippen LogP contribution in [-0.4, -0.2) is 20.5 Å². The maximum Gasteiger partial charge on any atom is 0.357 e. The molecule has 0 aromatic rings. The van der Waals surface area contributed by atoms with Crippen molar-refractivity contribution in [2.75, 3.05) is 6.26 Å². The van der Waals surface area contributed by atoms with Gasteiger partial charge in [0.1, 0.15) is 0 Å². The van der Waals surface area contributed by atoms with E-state index in [0.717, 1.165) is 0 Å². The molecule has 0 bridgehead atoms. The van der Waals surface area contributed by atoms with Crippen LogP contribution in [0.2, 0.25) is 0 Å². The Hall–Kier alpha value is 0.480. The van der Waals surface area contributed by atoms with Crippen LogP contribution in [0.25, 0.3) is 0 Å². The fourth-order valence-corrected chi connectivity index (χ4v) is 0. The van der Waals surface area contributed by atoms with Gasteiger partial charge in [-0.05, 0) is 0 Å². The summed E-state index contributed by atoms with van der Waals surface area (Å²) in [6, 6.07) is 0. The van der Waals surface area contributed by atoms with Gasteiger partial charge in [-0.1, -0.05) is 0 Å². The SMILES string of the molecule is B[S+](B)C. The van der Waals surface area contributed by atoms with Crippen LogP contribution in [0.15, 0.2) is 0 Å². The second kappa shape index (κ2) is 1.77. The summed E-state index contributed by atoms with van der Waals surface area (Å²) in [6.07, 6.45) is 2.19. The minimum atomic E-state index is 0.639. The van der Waals surface area contributed by atoms with Crippen LogP contribution >= 0.6 is 0 Å². The fraction of sp³-hybridized carbons (Fsp3) is 1.00. The average Bonchev–Trinajstić information content (AvgIpc) is 0.811. The molecular formula is CH7B2S+. The van der Waals surface area contributed by atoms with Crippen molar-refractivity contribution in [1.29, 1.82) is 0 Å². The van der Waals surface area contributed by atoms with Crippen molar-refractivity contribution in [2.45, 2.75) is 0 Å². The average molecular weight is 72.8 g/mol. The molecule has 0 aliphatic heterocycles. The lowest BCUT2D eigenvalue weighted by Gasteiger charge is -1.71. The van der Waals surface area contributed by atoms with Crippen molar-refractivity contribution < 1.29 is 0 Å². The van der Waals surface area contributed by atoms with Crippen molar-refractivity contribution in [2.24, 2.45) is 0 Å². The Bertz CT molecular complexity index is 10.8. The van der Waals surface area contributed by atoms with E-state index >= 15 is 0 Å². The van der Waals surface area contributed by atoms with E-state index in [1.165, 1.54) is 0 Å². The van der Waals surface area contributed by atoms with Crippen LogP contribution in [0.3, 0.4) is 0 Å². The molecule has 0 rings (SSSR count). The molecule has 0 fully saturated rings. The first kappa shape index (κ1) is 4.48. The van der Waals surface area contributed by atoms with Crippen molar-refractivity contribution in [3.63, 3.8) is 0 Å². The Morgan fingerprint density at radius 2 is 1.50 bits per heavy atom. The Labute approximate surface area is 31.9 Å². The topological polar surface area (TPSA) is 0 Å². The summed E-state index contributed by atoms with van der Waals surface area (Å²) >= 11 is 0. The van der Waals surface area contributed by atoms with Crippen molar-refractivity contribution in [1.82, 2.24) is 0 Å². The smallest absolute Gasteiger partial charge is 0.174 e. The minimum Gasteiger partial charge on any atom is -0.174 e. The fourth-order valence-electron chi connectivity index (χ4n) is 0. The lowest BCUT2D eigenvalue weighted by atomic mass is 10.7. The van der Waals surface area contributed by atoms with Gasteiger partial charge in [0.05, 0.1) is 6.26 Å². The molecule has 22 valence electrons. The molecule has 0 aliphatic rings. The van der Waals surface area contributed by atoms with Gasteiger partial charge in [-0.25, -0.2) is 0 Å². The van der Waals surface area contributed by atoms with E-state index in [1.54, 1.807) is 0 Å². The molecule has 0 amide bonds. The van der Waals surface area contributed by atoms with E-state index in [-0.39, 0.29) is 0 Å². The highest BCUT2D eigenvalue weighted by Crippen LogP contribution is 1.58. The molecule has 0 aromatic carbocycles. The van der Waals surface area contributed by atoms with Crippen LogP contribution in [0.1, 0.15) is 0 Å². The molecule has 0 N–H and O–H groups in total. The summed E-state index contributed by atoms with van der Waals surface area (Å²) in [6.45, 7) is 0. The van der Waals surface area contributed by atoms with E-state index in [0.29, 0.717) is 10.6 Å². The zero-order chi connectivity index (χ0) is 3.58. The van der Waals surface area contributed by atoms with Gasteiger partial charge in [0.25, 0.3) is 0 Å². The zero-order valence-electron chi connectivity index (χ0n) is 3.41. The maximum absolute atomic E-state index is 2.19. The molecule has 3 heteroatoms. The summed E-state index contributed by atoms with van der Waals surface area (Å²) in [4.78, 5) is 0. The minimum absolute atomic E-state index is 0.639. The van der Waals surface area contributed by atoms with E-state index in [1.807, 2.05) is 0 Å². The number of hydrogen-bond acceptors (Lipinski definition) is 0. The zero-order valence-corrected chi connectivity index (χ0v) is 4.22. The number of rotatable bonds is 0. The summed E-state index contributed by atoms with van der Waals surface area (Å²) in [5, 5.41) is 0. The summed E-state index contributed by atoms with van der Waals surface area (Å²) in [5.41, 5.74) is 0. The van der Waals surface area contributed by atoms with Gasteiger partial charge in [0.2, 0.25) is 0 Å². The lowest BCUT2D eigenvalue weighted by Crippen LogP contribution is -1.90. The van der Waals surface area contributed by atoms with Crippen molar-refractivity contribution >= 4 is 24.8 Å². The molecule has 4 heavy (non-hydrogen) atoms. The Balaban J connectivity index is 2.32. The summed E-state index contributed by atoms with van der Waals surface area (Å²) < 4.78 is 0. The molecule has 0 spiro atoms. The van der Waals surface area contributed by atoms with Crippen LogP contribution in [0, 0.1) is 0 Å². The van der Waals surface area contributed by atoms with Crippen LogP contribution in [-0.2, 0) is 10.6 Å². The molecule has 0 atom stereocenters. The van der Waals surface area contributed by atoms with Gasteiger partial charge < -0.3 is 0 Å². The molecule has 0 aliphatic carbocycles. The normalized spacial score (nSPS) is 8.50. The van der Waals surface area contributed by atoms with Gasteiger partial charge in [-0.3, -0.25) is 0 Å². The van der Waals surface area contributed by atoms with Crippen molar-refractivity contribution in [3.8, 4) is 0 Å². The van der Waals surface area contributed by atoms with Crippen LogP contribution < -0.4 is 0 Å². The number of hydrogen-bond donors (Lipinski definition) is 0. The second-order valence-corrected chi connectivity index (χ2v) is 3.67. The molecule has 0 unspecified atom stereocenters. The molecular weight excluding hydrogens is 65.7 g/mol.